The van der Waals surface area contributed by atoms with Crippen LogP contribution in [0.15, 0.2) is 66.3 Å². The Kier molecular flexibility index (Phi) is 4.47. The van der Waals surface area contributed by atoms with Gasteiger partial charge in [0.2, 0.25) is 0 Å². The predicted molar refractivity (Wildman–Crippen MR) is 77.2 cm³/mol. The minimum Gasteiger partial charge on any atom is -0.368 e. The lowest BCUT2D eigenvalue weighted by Crippen LogP contribution is -1.86. The van der Waals surface area contributed by atoms with Gasteiger partial charge in [0.15, 0.2) is 0 Å². The van der Waals surface area contributed by atoms with Crippen LogP contribution in [0.5, 0.6) is 0 Å². The van der Waals surface area contributed by atoms with Crippen LogP contribution in [0.3, 0.4) is 0 Å². The van der Waals surface area contributed by atoms with E-state index < -0.39 is 0 Å². The quantitative estimate of drug-likeness (QED) is 0.557. The molecule has 0 amide bonds. The lowest BCUT2D eigenvalue weighted by atomic mass is 10.2. The van der Waals surface area contributed by atoms with Gasteiger partial charge in [-0.25, -0.2) is 0 Å². The van der Waals surface area contributed by atoms with Gasteiger partial charge < -0.3 is 4.98 Å². The van der Waals surface area contributed by atoms with E-state index in [1.807, 2.05) is 54.9 Å². The highest BCUT2D eigenvalue weighted by Gasteiger charge is 2.15. The van der Waals surface area contributed by atoms with Crippen molar-refractivity contribution in [1.29, 1.82) is 0 Å². The maximum Gasteiger partial charge on any atom is 0.287 e. The maximum absolute atomic E-state index is 10.7. The minimum atomic E-state index is -0.348. The Labute approximate surface area is 114 Å². The number of benzene rings is 1. The van der Waals surface area contributed by atoms with Crippen LogP contribution in [-0.4, -0.2) is 9.91 Å². The third kappa shape index (κ3) is 3.53. The zero-order chi connectivity index (χ0) is 13.5. The highest BCUT2D eigenvalue weighted by molar-refractivity contribution is 7.14. The summed E-state index contributed by atoms with van der Waals surface area (Å²) in [5.74, 6) is 0. The van der Waals surface area contributed by atoms with Crippen molar-refractivity contribution in [2.45, 2.75) is 0 Å². The number of rotatable bonds is 2. The fourth-order valence-electron chi connectivity index (χ4n) is 1.53. The van der Waals surface area contributed by atoms with Crippen molar-refractivity contribution in [2.24, 2.45) is 0 Å². The Hall–Kier alpha value is -2.40. The second kappa shape index (κ2) is 6.51. The second-order valence-corrected chi connectivity index (χ2v) is 4.56. The lowest BCUT2D eigenvalue weighted by Gasteiger charge is -1.95. The second-order valence-electron chi connectivity index (χ2n) is 3.64. The number of aromatic amines is 1. The van der Waals surface area contributed by atoms with Gasteiger partial charge in [-0.2, -0.15) is 0 Å². The number of nitrogens with zero attached hydrogens (tertiary/aromatic N) is 1. The van der Waals surface area contributed by atoms with Crippen molar-refractivity contribution < 1.29 is 4.92 Å². The van der Waals surface area contributed by atoms with Crippen LogP contribution in [0.2, 0.25) is 0 Å². The summed E-state index contributed by atoms with van der Waals surface area (Å²) in [7, 11) is 0. The molecule has 0 aliphatic heterocycles. The molecule has 0 radical (unpaired) electrons. The third-order valence-corrected chi connectivity index (χ3v) is 3.33. The molecule has 19 heavy (non-hydrogen) atoms. The van der Waals surface area contributed by atoms with E-state index in [0.717, 1.165) is 10.4 Å². The van der Waals surface area contributed by atoms with Gasteiger partial charge in [0.25, 0.3) is 5.69 Å². The molecule has 0 unspecified atom stereocenters. The molecule has 96 valence electrons. The van der Waals surface area contributed by atoms with Crippen molar-refractivity contribution in [3.05, 3.63) is 76.4 Å². The summed E-state index contributed by atoms with van der Waals surface area (Å²) in [6, 6.07) is 14.8. The van der Waals surface area contributed by atoms with E-state index >= 15 is 0 Å². The Morgan fingerprint density at radius 2 is 1.68 bits per heavy atom. The first kappa shape index (κ1) is 13.0. The molecule has 1 N–H and O–H groups in total. The fraction of sp³-hybridized carbons (Fsp3) is 0. The summed E-state index contributed by atoms with van der Waals surface area (Å²) < 4.78 is 0. The highest BCUT2D eigenvalue weighted by Crippen LogP contribution is 2.34. The van der Waals surface area contributed by atoms with Gasteiger partial charge in [-0.3, -0.25) is 10.1 Å². The first-order valence-corrected chi connectivity index (χ1v) is 6.52. The summed E-state index contributed by atoms with van der Waals surface area (Å²) in [5, 5.41) is 12.4. The van der Waals surface area contributed by atoms with Crippen LogP contribution < -0.4 is 0 Å². The zero-order valence-electron chi connectivity index (χ0n) is 10.0. The first-order valence-electron chi connectivity index (χ1n) is 5.64. The summed E-state index contributed by atoms with van der Waals surface area (Å²) in [4.78, 5) is 13.9. The smallest absolute Gasteiger partial charge is 0.287 e. The highest BCUT2D eigenvalue weighted by atomic mass is 32.1. The maximum atomic E-state index is 10.7. The van der Waals surface area contributed by atoms with Crippen LogP contribution in [-0.2, 0) is 0 Å². The molecular weight excluding hydrogens is 260 g/mol. The van der Waals surface area contributed by atoms with Crippen molar-refractivity contribution in [3.8, 4) is 10.4 Å². The van der Waals surface area contributed by atoms with Crippen LogP contribution in [0.1, 0.15) is 0 Å². The molecule has 2 aromatic heterocycles. The Bertz CT molecular complexity index is 601. The van der Waals surface area contributed by atoms with Crippen LogP contribution in [0, 0.1) is 10.1 Å². The molecular formula is C14H12N2O2S. The van der Waals surface area contributed by atoms with Crippen molar-refractivity contribution in [3.63, 3.8) is 0 Å². The van der Waals surface area contributed by atoms with Gasteiger partial charge in [0.1, 0.15) is 4.88 Å². The van der Waals surface area contributed by atoms with E-state index in [1.165, 1.54) is 17.4 Å². The molecule has 0 bridgehead atoms. The number of nitro groups is 1. The molecule has 4 nitrogen and oxygen atoms in total. The van der Waals surface area contributed by atoms with Gasteiger partial charge in [-0.05, 0) is 23.1 Å². The third-order valence-electron chi connectivity index (χ3n) is 2.37. The predicted octanol–water partition coefficient (Wildman–Crippen LogP) is 4.34. The standard InChI is InChI=1S/C10H7NO2S.C4H5N/c12-11(13)9-6-7-14-10(9)8-4-2-1-3-5-8;1-2-4-5-3-1/h1-7H;1-5H. The van der Waals surface area contributed by atoms with E-state index in [9.17, 15) is 10.1 Å². The molecule has 2 heterocycles. The monoisotopic (exact) mass is 272 g/mol. The normalized spacial score (nSPS) is 9.47. The molecule has 5 heteroatoms. The van der Waals surface area contributed by atoms with Gasteiger partial charge in [0.05, 0.1) is 4.92 Å². The van der Waals surface area contributed by atoms with Crippen molar-refractivity contribution >= 4 is 17.0 Å². The van der Waals surface area contributed by atoms with Crippen molar-refractivity contribution in [2.75, 3.05) is 0 Å². The number of hydrogen-bond acceptors (Lipinski definition) is 3. The first-order chi connectivity index (χ1) is 9.29. The van der Waals surface area contributed by atoms with Crippen LogP contribution >= 0.6 is 11.3 Å². The largest absolute Gasteiger partial charge is 0.368 e. The molecule has 0 saturated heterocycles. The topological polar surface area (TPSA) is 58.9 Å². The number of H-pyrrole nitrogens is 1. The summed E-state index contributed by atoms with van der Waals surface area (Å²) in [6.45, 7) is 0. The molecule has 3 rings (SSSR count). The molecule has 0 aliphatic rings. The summed E-state index contributed by atoms with van der Waals surface area (Å²) in [5.41, 5.74) is 1.08. The average molecular weight is 272 g/mol. The Morgan fingerprint density at radius 3 is 2.21 bits per heavy atom. The SMILES string of the molecule is O=[N+]([O-])c1ccsc1-c1ccccc1.c1cc[nH]c1. The van der Waals surface area contributed by atoms with Gasteiger partial charge >= 0.3 is 0 Å². The number of thiophene rings is 1. The number of aromatic nitrogens is 1. The fourth-order valence-corrected chi connectivity index (χ4v) is 2.40. The summed E-state index contributed by atoms with van der Waals surface area (Å²) in [6.07, 6.45) is 3.75. The lowest BCUT2D eigenvalue weighted by molar-refractivity contribution is -0.383. The number of nitrogens with one attached hydrogen (secondary N) is 1. The van der Waals surface area contributed by atoms with E-state index in [4.69, 9.17) is 0 Å². The zero-order valence-corrected chi connectivity index (χ0v) is 10.8. The molecule has 3 aromatic rings. The molecule has 1 aromatic carbocycles. The minimum absolute atomic E-state index is 0.182. The molecule has 0 saturated carbocycles. The van der Waals surface area contributed by atoms with E-state index in [2.05, 4.69) is 4.98 Å². The number of hydrogen-bond donors (Lipinski definition) is 1. The van der Waals surface area contributed by atoms with Gasteiger partial charge in [-0.15, -0.1) is 11.3 Å². The van der Waals surface area contributed by atoms with Crippen LogP contribution in [0.25, 0.3) is 10.4 Å². The van der Waals surface area contributed by atoms with Crippen molar-refractivity contribution in [1.82, 2.24) is 4.98 Å². The van der Waals surface area contributed by atoms with Crippen LogP contribution in [0.4, 0.5) is 5.69 Å². The Balaban J connectivity index is 0.000000224. The Morgan fingerprint density at radius 1 is 1.00 bits per heavy atom. The van der Waals surface area contributed by atoms with E-state index in [1.54, 1.807) is 5.38 Å². The summed E-state index contributed by atoms with van der Waals surface area (Å²) >= 11 is 1.39. The van der Waals surface area contributed by atoms with E-state index in [-0.39, 0.29) is 10.6 Å². The molecule has 0 fully saturated rings. The van der Waals surface area contributed by atoms with Gasteiger partial charge in [0, 0.05) is 18.5 Å². The molecule has 0 aliphatic carbocycles. The molecule has 0 atom stereocenters. The average Bonchev–Trinajstić information content (AvgIpc) is 3.14. The van der Waals surface area contributed by atoms with E-state index in [0.29, 0.717) is 0 Å². The van der Waals surface area contributed by atoms with Gasteiger partial charge in [-0.1, -0.05) is 30.3 Å². The molecule has 0 spiro atoms.